The topological polar surface area (TPSA) is 105 Å². The Kier molecular flexibility index (Phi) is 9.47. The van der Waals surface area contributed by atoms with Crippen molar-refractivity contribution in [1.82, 2.24) is 10.6 Å². The SMILES string of the molecule is COc1cccc(CNC(C(=O)NCc2ccccc2)c2ccc(/C=C/C(=O)Nc3ccccc3N)cc2)c1. The van der Waals surface area contributed by atoms with Gasteiger partial charge in [0.2, 0.25) is 11.8 Å². The summed E-state index contributed by atoms with van der Waals surface area (Å²) in [6.45, 7) is 0.907. The van der Waals surface area contributed by atoms with Gasteiger partial charge < -0.3 is 21.1 Å². The van der Waals surface area contributed by atoms with E-state index in [0.717, 1.165) is 28.0 Å². The van der Waals surface area contributed by atoms with Gasteiger partial charge in [0.25, 0.3) is 0 Å². The monoisotopic (exact) mass is 520 g/mol. The molecule has 0 spiro atoms. The van der Waals surface area contributed by atoms with Gasteiger partial charge >= 0.3 is 0 Å². The van der Waals surface area contributed by atoms with E-state index in [0.29, 0.717) is 24.5 Å². The van der Waals surface area contributed by atoms with E-state index < -0.39 is 6.04 Å². The second-order valence-corrected chi connectivity index (χ2v) is 8.95. The van der Waals surface area contributed by atoms with Crippen LogP contribution in [-0.2, 0) is 22.7 Å². The van der Waals surface area contributed by atoms with Crippen molar-refractivity contribution in [3.8, 4) is 5.75 Å². The van der Waals surface area contributed by atoms with Gasteiger partial charge in [-0.1, -0.05) is 78.9 Å². The van der Waals surface area contributed by atoms with Crippen molar-refractivity contribution in [3.63, 3.8) is 0 Å². The average Bonchev–Trinajstić information content (AvgIpc) is 2.97. The molecule has 4 aromatic rings. The van der Waals surface area contributed by atoms with Gasteiger partial charge in [0.05, 0.1) is 18.5 Å². The summed E-state index contributed by atoms with van der Waals surface area (Å²) in [7, 11) is 1.63. The smallest absolute Gasteiger partial charge is 0.248 e. The van der Waals surface area contributed by atoms with E-state index in [1.165, 1.54) is 6.08 Å². The van der Waals surface area contributed by atoms with E-state index in [1.807, 2.05) is 91.0 Å². The Morgan fingerprint density at radius 1 is 0.846 bits per heavy atom. The minimum Gasteiger partial charge on any atom is -0.497 e. The second kappa shape index (κ2) is 13.6. The molecule has 0 fully saturated rings. The summed E-state index contributed by atoms with van der Waals surface area (Å²) in [5.41, 5.74) is 10.6. The molecule has 0 aliphatic carbocycles. The number of hydrogen-bond acceptors (Lipinski definition) is 5. The van der Waals surface area contributed by atoms with Gasteiger partial charge in [0, 0.05) is 19.2 Å². The Morgan fingerprint density at radius 3 is 2.31 bits per heavy atom. The van der Waals surface area contributed by atoms with Crippen molar-refractivity contribution in [2.75, 3.05) is 18.2 Å². The number of nitrogens with two attached hydrogens (primary N) is 1. The van der Waals surface area contributed by atoms with Crippen molar-refractivity contribution < 1.29 is 14.3 Å². The minimum atomic E-state index is -0.581. The fourth-order valence-electron chi connectivity index (χ4n) is 4.01. The van der Waals surface area contributed by atoms with Crippen LogP contribution in [-0.4, -0.2) is 18.9 Å². The molecule has 7 heteroatoms. The van der Waals surface area contributed by atoms with Crippen LogP contribution in [0.1, 0.15) is 28.3 Å². The Morgan fingerprint density at radius 2 is 1.56 bits per heavy atom. The highest BCUT2D eigenvalue weighted by molar-refractivity contribution is 6.03. The predicted molar refractivity (Wildman–Crippen MR) is 156 cm³/mol. The molecule has 0 aliphatic heterocycles. The van der Waals surface area contributed by atoms with Crippen LogP contribution in [0.4, 0.5) is 11.4 Å². The number of nitrogen functional groups attached to an aromatic ring is 1. The summed E-state index contributed by atoms with van der Waals surface area (Å²) in [5.74, 6) is 0.342. The first kappa shape index (κ1) is 27.2. The third-order valence-corrected chi connectivity index (χ3v) is 6.13. The molecule has 0 heterocycles. The van der Waals surface area contributed by atoms with Gasteiger partial charge in [-0.15, -0.1) is 0 Å². The van der Waals surface area contributed by atoms with Crippen molar-refractivity contribution >= 4 is 29.3 Å². The second-order valence-electron chi connectivity index (χ2n) is 8.95. The maximum absolute atomic E-state index is 13.3. The van der Waals surface area contributed by atoms with E-state index in [2.05, 4.69) is 16.0 Å². The number of benzene rings is 4. The Hall–Kier alpha value is -4.88. The molecule has 4 rings (SSSR count). The number of rotatable bonds is 11. The molecule has 198 valence electrons. The molecular formula is C32H32N4O3. The maximum Gasteiger partial charge on any atom is 0.248 e. The van der Waals surface area contributed by atoms with Crippen LogP contribution in [0, 0.1) is 0 Å². The van der Waals surface area contributed by atoms with Crippen LogP contribution in [0.2, 0.25) is 0 Å². The molecule has 1 atom stereocenters. The normalized spacial score (nSPS) is 11.6. The molecule has 0 saturated carbocycles. The van der Waals surface area contributed by atoms with Gasteiger partial charge in [-0.05, 0) is 52.6 Å². The summed E-state index contributed by atoms with van der Waals surface area (Å²) < 4.78 is 5.33. The van der Waals surface area contributed by atoms with Gasteiger partial charge in [-0.3, -0.25) is 14.9 Å². The van der Waals surface area contributed by atoms with Gasteiger partial charge in [0.1, 0.15) is 11.8 Å². The van der Waals surface area contributed by atoms with Crippen LogP contribution in [0.15, 0.2) is 109 Å². The lowest BCUT2D eigenvalue weighted by molar-refractivity contribution is -0.123. The van der Waals surface area contributed by atoms with Crippen LogP contribution in [0.5, 0.6) is 5.75 Å². The van der Waals surface area contributed by atoms with E-state index >= 15 is 0 Å². The lowest BCUT2D eigenvalue weighted by Crippen LogP contribution is -2.37. The van der Waals surface area contributed by atoms with Crippen molar-refractivity contribution in [1.29, 1.82) is 0 Å². The van der Waals surface area contributed by atoms with E-state index in [1.54, 1.807) is 25.3 Å². The number of ether oxygens (including phenoxy) is 1. The van der Waals surface area contributed by atoms with Gasteiger partial charge in [0.15, 0.2) is 0 Å². The predicted octanol–water partition coefficient (Wildman–Crippen LogP) is 5.08. The summed E-state index contributed by atoms with van der Waals surface area (Å²) in [5, 5.41) is 9.19. The zero-order valence-corrected chi connectivity index (χ0v) is 21.8. The summed E-state index contributed by atoms with van der Waals surface area (Å²) in [4.78, 5) is 25.6. The highest BCUT2D eigenvalue weighted by atomic mass is 16.5. The third kappa shape index (κ3) is 8.05. The van der Waals surface area contributed by atoms with Crippen LogP contribution in [0.3, 0.4) is 0 Å². The summed E-state index contributed by atoms with van der Waals surface area (Å²) in [6, 6.07) is 31.5. The van der Waals surface area contributed by atoms with E-state index in [-0.39, 0.29) is 11.8 Å². The Balaban J connectivity index is 1.45. The number of para-hydroxylation sites is 2. The largest absolute Gasteiger partial charge is 0.497 e. The van der Waals surface area contributed by atoms with Crippen molar-refractivity contribution in [2.45, 2.75) is 19.1 Å². The molecule has 2 amide bonds. The molecule has 0 radical (unpaired) electrons. The zero-order chi connectivity index (χ0) is 27.5. The molecule has 5 N–H and O–H groups in total. The lowest BCUT2D eigenvalue weighted by atomic mass is 10.0. The number of nitrogens with one attached hydrogen (secondary N) is 3. The first-order valence-electron chi connectivity index (χ1n) is 12.6. The van der Waals surface area contributed by atoms with Crippen molar-refractivity contribution in [3.05, 3.63) is 131 Å². The lowest BCUT2D eigenvalue weighted by Gasteiger charge is -2.19. The quantitative estimate of drug-likeness (QED) is 0.163. The first-order valence-corrected chi connectivity index (χ1v) is 12.6. The summed E-state index contributed by atoms with van der Waals surface area (Å²) >= 11 is 0. The Bertz CT molecular complexity index is 1420. The molecule has 0 saturated heterocycles. The summed E-state index contributed by atoms with van der Waals surface area (Å²) in [6.07, 6.45) is 3.17. The van der Waals surface area contributed by atoms with Crippen LogP contribution in [0.25, 0.3) is 6.08 Å². The average molecular weight is 521 g/mol. The molecule has 0 aliphatic rings. The fraction of sp³-hybridized carbons (Fsp3) is 0.125. The zero-order valence-electron chi connectivity index (χ0n) is 21.8. The number of hydrogen-bond donors (Lipinski definition) is 4. The third-order valence-electron chi connectivity index (χ3n) is 6.13. The van der Waals surface area contributed by atoms with E-state index in [9.17, 15) is 9.59 Å². The highest BCUT2D eigenvalue weighted by Crippen LogP contribution is 2.19. The standard InChI is InChI=1S/C32H32N4O3/c1-39-27-11-7-10-25(20-27)22-34-31(32(38)35-21-24-8-3-2-4-9-24)26-17-14-23(15-18-26)16-19-30(37)36-29-13-6-5-12-28(29)33/h2-20,31,34H,21-22,33H2,1H3,(H,35,38)(H,36,37)/b19-16+. The van der Waals surface area contributed by atoms with Gasteiger partial charge in [-0.25, -0.2) is 0 Å². The highest BCUT2D eigenvalue weighted by Gasteiger charge is 2.20. The number of carbonyl (C=O) groups excluding carboxylic acids is 2. The number of amides is 2. The first-order chi connectivity index (χ1) is 19.0. The van der Waals surface area contributed by atoms with Gasteiger partial charge in [-0.2, -0.15) is 0 Å². The molecule has 7 nitrogen and oxygen atoms in total. The van der Waals surface area contributed by atoms with Crippen LogP contribution >= 0.6 is 0 Å². The molecule has 1 unspecified atom stereocenters. The molecule has 39 heavy (non-hydrogen) atoms. The molecule has 0 aromatic heterocycles. The maximum atomic E-state index is 13.3. The van der Waals surface area contributed by atoms with E-state index in [4.69, 9.17) is 10.5 Å². The number of anilines is 2. The molecule has 0 bridgehead atoms. The Labute approximate surface area is 228 Å². The minimum absolute atomic E-state index is 0.134. The molecule has 4 aromatic carbocycles. The van der Waals surface area contributed by atoms with Crippen molar-refractivity contribution in [2.24, 2.45) is 0 Å². The molecular weight excluding hydrogens is 488 g/mol. The number of carbonyl (C=O) groups is 2. The number of methoxy groups -OCH3 is 1. The van der Waals surface area contributed by atoms with Crippen LogP contribution < -0.4 is 26.4 Å². The fourth-order valence-corrected chi connectivity index (χ4v) is 4.01.